The van der Waals surface area contributed by atoms with Gasteiger partial charge in [0.05, 0.1) is 0 Å². The lowest BCUT2D eigenvalue weighted by Gasteiger charge is -2.23. The first-order valence-corrected chi connectivity index (χ1v) is 7.04. The molecule has 3 heteroatoms. The second kappa shape index (κ2) is 5.25. The Morgan fingerprint density at radius 1 is 1.20 bits per heavy atom. The molecule has 0 amide bonds. The number of nitrogens with zero attached hydrogens (tertiary/aromatic N) is 1. The molecule has 0 spiro atoms. The van der Waals surface area contributed by atoms with Crippen molar-refractivity contribution < 1.29 is 4.39 Å². The fourth-order valence-corrected chi connectivity index (χ4v) is 2.90. The van der Waals surface area contributed by atoms with E-state index < -0.39 is 0 Å². The minimum Gasteiger partial charge on any atom is -0.341 e. The first-order chi connectivity index (χ1) is 9.65. The first kappa shape index (κ1) is 13.1. The molecule has 0 saturated heterocycles. The molecular formula is C17H19FN2. The molecule has 104 valence electrons. The molecule has 1 heterocycles. The van der Waals surface area contributed by atoms with E-state index in [1.807, 2.05) is 25.1 Å². The number of hydrogen-bond donors (Lipinski definition) is 1. The van der Waals surface area contributed by atoms with Gasteiger partial charge in [0.2, 0.25) is 0 Å². The molecule has 2 aromatic carbocycles. The number of benzene rings is 2. The molecule has 2 aromatic rings. The van der Waals surface area contributed by atoms with E-state index in [1.165, 1.54) is 17.2 Å². The fraction of sp³-hybridized carbons (Fsp3) is 0.294. The highest BCUT2D eigenvalue weighted by Crippen LogP contribution is 2.36. The van der Waals surface area contributed by atoms with Crippen molar-refractivity contribution in [2.45, 2.75) is 25.8 Å². The monoisotopic (exact) mass is 270 g/mol. The Morgan fingerprint density at radius 3 is 2.80 bits per heavy atom. The van der Waals surface area contributed by atoms with Gasteiger partial charge in [0.1, 0.15) is 5.82 Å². The van der Waals surface area contributed by atoms with Crippen LogP contribution in [0, 0.1) is 5.82 Å². The van der Waals surface area contributed by atoms with Crippen molar-refractivity contribution in [3.05, 3.63) is 59.4 Å². The molecule has 1 aliphatic rings. The van der Waals surface area contributed by atoms with Crippen LogP contribution in [-0.2, 0) is 12.8 Å². The van der Waals surface area contributed by atoms with Crippen LogP contribution in [0.5, 0.6) is 0 Å². The molecule has 0 fully saturated rings. The van der Waals surface area contributed by atoms with Gasteiger partial charge >= 0.3 is 0 Å². The summed E-state index contributed by atoms with van der Waals surface area (Å²) >= 11 is 0. The molecule has 2 N–H and O–H groups in total. The molecule has 0 saturated carbocycles. The van der Waals surface area contributed by atoms with Gasteiger partial charge in [0.25, 0.3) is 0 Å². The molecule has 0 aliphatic carbocycles. The van der Waals surface area contributed by atoms with E-state index in [0.29, 0.717) is 0 Å². The number of fused-ring (bicyclic) bond motifs is 1. The van der Waals surface area contributed by atoms with E-state index in [2.05, 4.69) is 17.0 Å². The minimum atomic E-state index is -0.180. The highest BCUT2D eigenvalue weighted by atomic mass is 19.1. The Morgan fingerprint density at radius 2 is 2.00 bits per heavy atom. The van der Waals surface area contributed by atoms with E-state index in [1.54, 1.807) is 6.07 Å². The van der Waals surface area contributed by atoms with Crippen molar-refractivity contribution in [3.8, 4) is 0 Å². The quantitative estimate of drug-likeness (QED) is 0.926. The maximum atomic E-state index is 13.5. The highest BCUT2D eigenvalue weighted by molar-refractivity contribution is 5.72. The smallest absolute Gasteiger partial charge is 0.125 e. The Balaban J connectivity index is 2.02. The molecule has 2 nitrogen and oxygen atoms in total. The van der Waals surface area contributed by atoms with E-state index in [9.17, 15) is 4.39 Å². The fourth-order valence-electron chi connectivity index (χ4n) is 2.90. The van der Waals surface area contributed by atoms with Crippen molar-refractivity contribution in [2.24, 2.45) is 5.73 Å². The zero-order chi connectivity index (χ0) is 14.1. The lowest BCUT2D eigenvalue weighted by atomic mass is 10.0. The molecule has 0 aromatic heterocycles. The highest BCUT2D eigenvalue weighted by Gasteiger charge is 2.22. The molecule has 0 radical (unpaired) electrons. The lowest BCUT2D eigenvalue weighted by Crippen LogP contribution is -2.21. The van der Waals surface area contributed by atoms with Crippen LogP contribution in [0.4, 0.5) is 15.8 Å². The zero-order valence-electron chi connectivity index (χ0n) is 11.6. The summed E-state index contributed by atoms with van der Waals surface area (Å²) in [6.45, 7) is 2.91. The summed E-state index contributed by atoms with van der Waals surface area (Å²) in [6.07, 6.45) is 1.79. The van der Waals surface area contributed by atoms with Gasteiger partial charge in [-0.2, -0.15) is 0 Å². The molecule has 1 aliphatic heterocycles. The zero-order valence-corrected chi connectivity index (χ0v) is 11.6. The summed E-state index contributed by atoms with van der Waals surface area (Å²) in [4.78, 5) is 2.20. The van der Waals surface area contributed by atoms with Crippen LogP contribution >= 0.6 is 0 Å². The minimum absolute atomic E-state index is 0.116. The first-order valence-electron chi connectivity index (χ1n) is 7.04. The Hall–Kier alpha value is -1.87. The van der Waals surface area contributed by atoms with Gasteiger partial charge in [-0.25, -0.2) is 4.39 Å². The van der Waals surface area contributed by atoms with Crippen LogP contribution in [0.1, 0.15) is 18.1 Å². The summed E-state index contributed by atoms with van der Waals surface area (Å²) in [5.74, 6) is -0.180. The van der Waals surface area contributed by atoms with Crippen molar-refractivity contribution in [1.82, 2.24) is 0 Å². The summed E-state index contributed by atoms with van der Waals surface area (Å²) in [5, 5.41) is 0. The molecule has 1 atom stereocenters. The maximum Gasteiger partial charge on any atom is 0.125 e. The van der Waals surface area contributed by atoms with Crippen LogP contribution in [0.15, 0.2) is 42.5 Å². The largest absolute Gasteiger partial charge is 0.341 e. The van der Waals surface area contributed by atoms with Crippen LogP contribution in [0.25, 0.3) is 0 Å². The second-order valence-electron chi connectivity index (χ2n) is 5.48. The van der Waals surface area contributed by atoms with Crippen LogP contribution in [0.2, 0.25) is 0 Å². The number of halogens is 1. The van der Waals surface area contributed by atoms with Crippen LogP contribution in [-0.4, -0.2) is 12.6 Å². The molecule has 3 rings (SSSR count). The second-order valence-corrected chi connectivity index (χ2v) is 5.48. The van der Waals surface area contributed by atoms with Gasteiger partial charge in [0, 0.05) is 24.0 Å². The normalized spacial score (nSPS) is 15.2. The number of para-hydroxylation sites is 1. The lowest BCUT2D eigenvalue weighted by molar-refractivity contribution is 0.628. The topological polar surface area (TPSA) is 29.3 Å². The molecular weight excluding hydrogens is 251 g/mol. The molecule has 1 unspecified atom stereocenters. The average Bonchev–Trinajstić information content (AvgIpc) is 2.81. The molecule has 0 bridgehead atoms. The van der Waals surface area contributed by atoms with Crippen molar-refractivity contribution in [2.75, 3.05) is 11.4 Å². The van der Waals surface area contributed by atoms with Gasteiger partial charge < -0.3 is 10.6 Å². The third-order valence-electron chi connectivity index (χ3n) is 3.77. The summed E-state index contributed by atoms with van der Waals surface area (Å²) in [7, 11) is 0. The van der Waals surface area contributed by atoms with E-state index >= 15 is 0 Å². The maximum absolute atomic E-state index is 13.5. The van der Waals surface area contributed by atoms with Gasteiger partial charge in [0.15, 0.2) is 0 Å². The average molecular weight is 270 g/mol. The predicted octanol–water partition coefficient (Wildman–Crippen LogP) is 3.41. The third-order valence-corrected chi connectivity index (χ3v) is 3.77. The van der Waals surface area contributed by atoms with Crippen molar-refractivity contribution in [1.29, 1.82) is 0 Å². The number of anilines is 2. The van der Waals surface area contributed by atoms with Crippen molar-refractivity contribution >= 4 is 11.4 Å². The molecule has 20 heavy (non-hydrogen) atoms. The summed E-state index contributed by atoms with van der Waals surface area (Å²) < 4.78 is 13.5. The van der Waals surface area contributed by atoms with E-state index in [4.69, 9.17) is 5.73 Å². The van der Waals surface area contributed by atoms with Crippen molar-refractivity contribution in [3.63, 3.8) is 0 Å². The van der Waals surface area contributed by atoms with Crippen LogP contribution in [0.3, 0.4) is 0 Å². The number of hydrogen-bond acceptors (Lipinski definition) is 2. The predicted molar refractivity (Wildman–Crippen MR) is 80.9 cm³/mol. The third kappa shape index (κ3) is 2.41. The standard InChI is InChI=1S/C17H19FN2/c1-12(19)10-14-4-2-3-5-16(14)20-9-8-13-6-7-15(18)11-17(13)20/h2-7,11-12H,8-10,19H2,1H3. The van der Waals surface area contributed by atoms with Gasteiger partial charge in [-0.3, -0.25) is 0 Å². The van der Waals surface area contributed by atoms with Gasteiger partial charge in [-0.05, 0) is 49.1 Å². The van der Waals surface area contributed by atoms with E-state index in [-0.39, 0.29) is 11.9 Å². The summed E-state index contributed by atoms with van der Waals surface area (Å²) in [5.41, 5.74) is 10.5. The van der Waals surface area contributed by atoms with E-state index in [0.717, 1.165) is 30.8 Å². The number of rotatable bonds is 3. The van der Waals surface area contributed by atoms with Gasteiger partial charge in [-0.15, -0.1) is 0 Å². The Labute approximate surface area is 119 Å². The Bertz CT molecular complexity index is 622. The number of nitrogens with two attached hydrogens (primary N) is 1. The van der Waals surface area contributed by atoms with Gasteiger partial charge in [-0.1, -0.05) is 24.3 Å². The Kier molecular flexibility index (Phi) is 3.45. The SMILES string of the molecule is CC(N)Cc1ccccc1N1CCc2ccc(F)cc21. The van der Waals surface area contributed by atoms with Crippen LogP contribution < -0.4 is 10.6 Å². The summed E-state index contributed by atoms with van der Waals surface area (Å²) in [6, 6.07) is 13.4.